The Kier molecular flexibility index (Phi) is 7.32. The molecular weight excluding hydrogens is 296 g/mol. The summed E-state index contributed by atoms with van der Waals surface area (Å²) in [6.07, 6.45) is 4.06. The van der Waals surface area contributed by atoms with Crippen LogP contribution in [-0.2, 0) is 11.2 Å². The Morgan fingerprint density at radius 2 is 1.85 bits per heavy atom. The molecule has 1 N–H and O–H groups in total. The van der Waals surface area contributed by atoms with E-state index < -0.39 is 0 Å². The number of hydrogen-bond acceptors (Lipinski definition) is 6. The molecule has 0 saturated carbocycles. The molecule has 0 aliphatic rings. The van der Waals surface area contributed by atoms with Gasteiger partial charge in [-0.2, -0.15) is 5.10 Å². The third-order valence-electron chi connectivity index (χ3n) is 2.43. The summed E-state index contributed by atoms with van der Waals surface area (Å²) in [4.78, 5) is 11.8. The van der Waals surface area contributed by atoms with E-state index in [1.54, 1.807) is 26.4 Å². The van der Waals surface area contributed by atoms with Crippen LogP contribution in [0.5, 0.6) is 11.5 Å². The zero-order valence-corrected chi connectivity index (χ0v) is 13.6. The first kappa shape index (κ1) is 16.7. The first-order valence-electron chi connectivity index (χ1n) is 5.80. The predicted molar refractivity (Wildman–Crippen MR) is 85.9 cm³/mol. The SMILES string of the molecule is COc1ccc(CC(=O)NN=C(SC)SC)cc1OC. The maximum absolute atomic E-state index is 11.8. The van der Waals surface area contributed by atoms with Crippen molar-refractivity contribution in [2.75, 3.05) is 26.7 Å². The number of rotatable bonds is 5. The fraction of sp³-hybridized carbons (Fsp3) is 0.385. The van der Waals surface area contributed by atoms with Crippen LogP contribution in [0.4, 0.5) is 0 Å². The van der Waals surface area contributed by atoms with Crippen LogP contribution >= 0.6 is 23.5 Å². The van der Waals surface area contributed by atoms with Crippen molar-refractivity contribution in [1.82, 2.24) is 5.43 Å². The van der Waals surface area contributed by atoms with Crippen molar-refractivity contribution in [2.24, 2.45) is 5.10 Å². The summed E-state index contributed by atoms with van der Waals surface area (Å²) >= 11 is 2.98. The Hall–Kier alpha value is -1.34. The van der Waals surface area contributed by atoms with Crippen LogP contribution in [0.3, 0.4) is 0 Å². The van der Waals surface area contributed by atoms with E-state index in [1.165, 1.54) is 23.5 Å². The molecule has 7 heteroatoms. The fourth-order valence-electron chi connectivity index (χ4n) is 1.50. The van der Waals surface area contributed by atoms with Gasteiger partial charge in [0.05, 0.1) is 20.6 Å². The molecule has 1 aromatic carbocycles. The van der Waals surface area contributed by atoms with Crippen LogP contribution in [0.25, 0.3) is 0 Å². The average molecular weight is 314 g/mol. The van der Waals surface area contributed by atoms with Crippen molar-refractivity contribution < 1.29 is 14.3 Å². The number of nitrogens with zero attached hydrogens (tertiary/aromatic N) is 1. The Morgan fingerprint density at radius 1 is 1.20 bits per heavy atom. The summed E-state index contributed by atoms with van der Waals surface area (Å²) in [7, 11) is 3.14. The maximum Gasteiger partial charge on any atom is 0.244 e. The normalized spacial score (nSPS) is 9.80. The summed E-state index contributed by atoms with van der Waals surface area (Å²) in [5, 5.41) is 4.02. The molecule has 0 unspecified atom stereocenters. The third kappa shape index (κ3) is 4.97. The molecule has 1 rings (SSSR count). The maximum atomic E-state index is 11.8. The van der Waals surface area contributed by atoms with Gasteiger partial charge in [-0.05, 0) is 30.2 Å². The van der Waals surface area contributed by atoms with Crippen LogP contribution in [0.1, 0.15) is 5.56 Å². The molecule has 0 aliphatic carbocycles. The van der Waals surface area contributed by atoms with Gasteiger partial charge < -0.3 is 9.47 Å². The number of benzene rings is 1. The highest BCUT2D eigenvalue weighted by Crippen LogP contribution is 2.27. The standard InChI is InChI=1S/C13H18N2O3S2/c1-17-10-6-5-9(7-11(10)18-2)8-12(16)14-15-13(19-3)20-4/h5-7H,8H2,1-4H3,(H,14,16). The molecule has 0 aromatic heterocycles. The molecule has 0 fully saturated rings. The van der Waals surface area contributed by atoms with Gasteiger partial charge in [0.15, 0.2) is 11.5 Å². The summed E-state index contributed by atoms with van der Waals surface area (Å²) < 4.78 is 11.2. The highest BCUT2D eigenvalue weighted by molar-refractivity contribution is 8.38. The van der Waals surface area contributed by atoms with Crippen molar-refractivity contribution in [2.45, 2.75) is 6.42 Å². The summed E-state index contributed by atoms with van der Waals surface area (Å²) in [6.45, 7) is 0. The molecule has 20 heavy (non-hydrogen) atoms. The average Bonchev–Trinajstić information content (AvgIpc) is 2.48. The highest BCUT2D eigenvalue weighted by Gasteiger charge is 2.08. The fourth-order valence-corrected chi connectivity index (χ4v) is 2.44. The van der Waals surface area contributed by atoms with Gasteiger partial charge in [-0.15, -0.1) is 23.5 Å². The highest BCUT2D eigenvalue weighted by atomic mass is 32.2. The third-order valence-corrected chi connectivity index (χ3v) is 4.31. The zero-order chi connectivity index (χ0) is 15.0. The van der Waals surface area contributed by atoms with Gasteiger partial charge in [-0.3, -0.25) is 4.79 Å². The van der Waals surface area contributed by atoms with Crippen molar-refractivity contribution >= 4 is 33.8 Å². The second-order valence-corrected chi connectivity index (χ2v) is 5.54. The molecular formula is C13H18N2O3S2. The lowest BCUT2D eigenvalue weighted by molar-refractivity contribution is -0.120. The van der Waals surface area contributed by atoms with Gasteiger partial charge in [-0.1, -0.05) is 6.07 Å². The Morgan fingerprint density at radius 3 is 2.40 bits per heavy atom. The van der Waals surface area contributed by atoms with Crippen LogP contribution in [0.2, 0.25) is 0 Å². The second kappa shape index (κ2) is 8.76. The van der Waals surface area contributed by atoms with E-state index in [0.29, 0.717) is 11.5 Å². The number of hydrazone groups is 1. The number of methoxy groups -OCH3 is 2. The van der Waals surface area contributed by atoms with Crippen molar-refractivity contribution in [1.29, 1.82) is 0 Å². The Labute approximate surface area is 127 Å². The number of hydrogen-bond donors (Lipinski definition) is 1. The number of carbonyl (C=O) groups is 1. The van der Waals surface area contributed by atoms with Crippen LogP contribution in [0.15, 0.2) is 23.3 Å². The topological polar surface area (TPSA) is 59.9 Å². The number of nitrogens with one attached hydrogen (secondary N) is 1. The molecule has 1 amide bonds. The Bertz CT molecular complexity index is 487. The first-order chi connectivity index (χ1) is 9.64. The monoisotopic (exact) mass is 314 g/mol. The van der Waals surface area contributed by atoms with Gasteiger partial charge in [0.25, 0.3) is 0 Å². The predicted octanol–water partition coefficient (Wildman–Crippen LogP) is 2.36. The molecule has 0 saturated heterocycles. The largest absolute Gasteiger partial charge is 0.493 e. The van der Waals surface area contributed by atoms with E-state index in [2.05, 4.69) is 10.5 Å². The quantitative estimate of drug-likeness (QED) is 0.513. The summed E-state index contributed by atoms with van der Waals surface area (Å²) in [6, 6.07) is 5.39. The lowest BCUT2D eigenvalue weighted by Gasteiger charge is -2.09. The summed E-state index contributed by atoms with van der Waals surface area (Å²) in [5.41, 5.74) is 3.37. The molecule has 0 heterocycles. The lowest BCUT2D eigenvalue weighted by atomic mass is 10.1. The lowest BCUT2D eigenvalue weighted by Crippen LogP contribution is -2.20. The van der Waals surface area contributed by atoms with E-state index >= 15 is 0 Å². The van der Waals surface area contributed by atoms with E-state index in [0.717, 1.165) is 9.94 Å². The minimum Gasteiger partial charge on any atom is -0.493 e. The summed E-state index contributed by atoms with van der Waals surface area (Å²) in [5.74, 6) is 1.08. The van der Waals surface area contributed by atoms with Crippen LogP contribution in [-0.4, -0.2) is 37.0 Å². The van der Waals surface area contributed by atoms with Crippen LogP contribution < -0.4 is 14.9 Å². The molecule has 1 aromatic rings. The molecule has 110 valence electrons. The number of ether oxygens (including phenoxy) is 2. The van der Waals surface area contributed by atoms with Crippen LogP contribution in [0, 0.1) is 0 Å². The molecule has 0 atom stereocenters. The van der Waals surface area contributed by atoms with Crippen molar-refractivity contribution in [3.63, 3.8) is 0 Å². The minimum absolute atomic E-state index is 0.169. The van der Waals surface area contributed by atoms with Gasteiger partial charge >= 0.3 is 0 Å². The van der Waals surface area contributed by atoms with Gasteiger partial charge in [0, 0.05) is 0 Å². The molecule has 0 radical (unpaired) electrons. The van der Waals surface area contributed by atoms with Gasteiger partial charge in [0.1, 0.15) is 4.38 Å². The molecule has 0 bridgehead atoms. The van der Waals surface area contributed by atoms with Gasteiger partial charge in [-0.25, -0.2) is 5.43 Å². The van der Waals surface area contributed by atoms with Crippen molar-refractivity contribution in [3.05, 3.63) is 23.8 Å². The number of thioether (sulfide) groups is 2. The first-order valence-corrected chi connectivity index (χ1v) is 8.25. The van der Waals surface area contributed by atoms with E-state index in [1.807, 2.05) is 18.6 Å². The van der Waals surface area contributed by atoms with Crippen molar-refractivity contribution in [3.8, 4) is 11.5 Å². The number of amides is 1. The molecule has 0 aliphatic heterocycles. The Balaban J connectivity index is 2.69. The van der Waals surface area contributed by atoms with E-state index in [-0.39, 0.29) is 12.3 Å². The second-order valence-electron chi connectivity index (χ2n) is 3.69. The zero-order valence-electron chi connectivity index (χ0n) is 11.9. The van der Waals surface area contributed by atoms with E-state index in [4.69, 9.17) is 9.47 Å². The smallest absolute Gasteiger partial charge is 0.244 e. The molecule has 0 spiro atoms. The molecule has 5 nitrogen and oxygen atoms in total. The van der Waals surface area contributed by atoms with Gasteiger partial charge in [0.2, 0.25) is 5.91 Å². The number of carbonyl (C=O) groups excluding carboxylic acids is 1. The minimum atomic E-state index is -0.169. The van der Waals surface area contributed by atoms with E-state index in [9.17, 15) is 4.79 Å².